The molecule has 0 radical (unpaired) electrons. The highest BCUT2D eigenvalue weighted by atomic mass is 16.4. The van der Waals surface area contributed by atoms with E-state index < -0.39 is 11.9 Å². The number of nitrogens with zero attached hydrogens (tertiary/aromatic N) is 2. The van der Waals surface area contributed by atoms with Gasteiger partial charge in [0.15, 0.2) is 0 Å². The van der Waals surface area contributed by atoms with E-state index in [1.807, 2.05) is 19.1 Å². The van der Waals surface area contributed by atoms with Crippen LogP contribution in [0.1, 0.15) is 77.5 Å². The molecule has 0 spiro atoms. The first-order valence-corrected chi connectivity index (χ1v) is 8.55. The normalized spacial score (nSPS) is 13.3. The van der Waals surface area contributed by atoms with Gasteiger partial charge in [-0.25, -0.2) is 4.79 Å². The van der Waals surface area contributed by atoms with E-state index in [-0.39, 0.29) is 17.3 Å². The molecular weight excluding hydrogens is 318 g/mol. The van der Waals surface area contributed by atoms with Crippen LogP contribution in [0.4, 0.5) is 0 Å². The molecule has 1 amide bonds. The molecule has 2 rings (SSSR count). The number of benzene rings is 1. The summed E-state index contributed by atoms with van der Waals surface area (Å²) in [6.07, 6.45) is 2.97. The van der Waals surface area contributed by atoms with E-state index in [2.05, 4.69) is 36.4 Å². The van der Waals surface area contributed by atoms with Gasteiger partial charge in [0.05, 0.1) is 12.2 Å². The molecule has 1 aromatic carbocycles. The molecule has 0 aliphatic heterocycles. The molecule has 1 aromatic heterocycles. The number of aromatic carboxylic acids is 1. The monoisotopic (exact) mass is 343 g/mol. The van der Waals surface area contributed by atoms with Crippen LogP contribution in [0.5, 0.6) is 0 Å². The number of aromatic nitrogens is 2. The predicted octanol–water partition coefficient (Wildman–Crippen LogP) is 3.51. The zero-order chi connectivity index (χ0) is 18.6. The first-order chi connectivity index (χ1) is 11.9. The molecule has 6 nitrogen and oxygen atoms in total. The standard InChI is InChI=1S/C19H25N3O3/c1-5-12(3)13-7-9-14(10-8-13)16(6-2)21-18(23)17-15(19(24)25)11-20-22(17)4/h7-12,16H,5-6H2,1-4H3,(H,21,23)(H,24,25)/t12-,16-/m0/s1. The largest absolute Gasteiger partial charge is 0.478 e. The Bertz CT molecular complexity index is 750. The van der Waals surface area contributed by atoms with Crippen molar-refractivity contribution in [2.24, 2.45) is 7.05 Å². The van der Waals surface area contributed by atoms with Crippen molar-refractivity contribution in [2.75, 3.05) is 0 Å². The molecule has 0 aliphatic rings. The molecule has 0 saturated heterocycles. The lowest BCUT2D eigenvalue weighted by atomic mass is 9.95. The fourth-order valence-electron chi connectivity index (χ4n) is 2.80. The van der Waals surface area contributed by atoms with Crippen LogP contribution in [0.15, 0.2) is 30.5 Å². The molecule has 2 aromatic rings. The summed E-state index contributed by atoms with van der Waals surface area (Å²) in [5.74, 6) is -1.10. The Morgan fingerprint density at radius 1 is 1.16 bits per heavy atom. The van der Waals surface area contributed by atoms with Crippen LogP contribution in [0, 0.1) is 0 Å². The maximum Gasteiger partial charge on any atom is 0.339 e. The average molecular weight is 343 g/mol. The van der Waals surface area contributed by atoms with Crippen LogP contribution in [-0.4, -0.2) is 26.8 Å². The number of hydrogen-bond acceptors (Lipinski definition) is 3. The lowest BCUT2D eigenvalue weighted by Gasteiger charge is -2.19. The number of aryl methyl sites for hydroxylation is 1. The van der Waals surface area contributed by atoms with Crippen molar-refractivity contribution in [3.8, 4) is 0 Å². The molecule has 2 N–H and O–H groups in total. The van der Waals surface area contributed by atoms with Crippen molar-refractivity contribution in [3.63, 3.8) is 0 Å². The van der Waals surface area contributed by atoms with Gasteiger partial charge < -0.3 is 10.4 Å². The summed E-state index contributed by atoms with van der Waals surface area (Å²) in [5, 5.41) is 16.0. The van der Waals surface area contributed by atoms with Crippen LogP contribution in [0.25, 0.3) is 0 Å². The molecule has 2 atom stereocenters. The summed E-state index contributed by atoms with van der Waals surface area (Å²) < 4.78 is 1.29. The Labute approximate surface area is 147 Å². The quantitative estimate of drug-likeness (QED) is 0.806. The maximum atomic E-state index is 12.6. The summed E-state index contributed by atoms with van der Waals surface area (Å²) >= 11 is 0. The minimum absolute atomic E-state index is 0.0576. The van der Waals surface area contributed by atoms with Gasteiger partial charge in [0.1, 0.15) is 11.3 Å². The van der Waals surface area contributed by atoms with Gasteiger partial charge in [0, 0.05) is 7.05 Å². The summed E-state index contributed by atoms with van der Waals surface area (Å²) in [6.45, 7) is 6.32. The van der Waals surface area contributed by atoms with Crippen molar-refractivity contribution >= 4 is 11.9 Å². The van der Waals surface area contributed by atoms with Crippen LogP contribution in [0.2, 0.25) is 0 Å². The fraction of sp³-hybridized carbons (Fsp3) is 0.421. The Kier molecular flexibility index (Phi) is 5.96. The van der Waals surface area contributed by atoms with E-state index >= 15 is 0 Å². The third kappa shape index (κ3) is 4.07. The minimum Gasteiger partial charge on any atom is -0.478 e. The number of carbonyl (C=O) groups excluding carboxylic acids is 1. The van der Waals surface area contributed by atoms with Crippen LogP contribution < -0.4 is 5.32 Å². The molecule has 0 fully saturated rings. The first-order valence-electron chi connectivity index (χ1n) is 8.55. The molecule has 1 heterocycles. The van der Waals surface area contributed by atoms with Gasteiger partial charge >= 0.3 is 5.97 Å². The number of rotatable bonds is 7. The van der Waals surface area contributed by atoms with Gasteiger partial charge in [-0.3, -0.25) is 9.48 Å². The van der Waals surface area contributed by atoms with E-state index in [9.17, 15) is 14.7 Å². The zero-order valence-corrected chi connectivity index (χ0v) is 15.1. The fourth-order valence-corrected chi connectivity index (χ4v) is 2.80. The topological polar surface area (TPSA) is 84.2 Å². The van der Waals surface area contributed by atoms with E-state index in [1.54, 1.807) is 7.05 Å². The lowest BCUT2D eigenvalue weighted by Crippen LogP contribution is -2.31. The molecule has 0 unspecified atom stereocenters. The van der Waals surface area contributed by atoms with Gasteiger partial charge in [-0.15, -0.1) is 0 Å². The van der Waals surface area contributed by atoms with Crippen LogP contribution in [-0.2, 0) is 7.05 Å². The van der Waals surface area contributed by atoms with Crippen LogP contribution >= 0.6 is 0 Å². The zero-order valence-electron chi connectivity index (χ0n) is 15.1. The molecule has 0 aliphatic carbocycles. The van der Waals surface area contributed by atoms with E-state index in [1.165, 1.54) is 16.4 Å². The SMILES string of the molecule is CC[C@H](NC(=O)c1c(C(=O)O)cnn1C)c1ccc([C@@H](C)CC)cc1. The Balaban J connectivity index is 2.21. The van der Waals surface area contributed by atoms with Crippen molar-refractivity contribution in [1.29, 1.82) is 0 Å². The smallest absolute Gasteiger partial charge is 0.339 e. The summed E-state index contributed by atoms with van der Waals surface area (Å²) in [7, 11) is 1.56. The van der Waals surface area contributed by atoms with Gasteiger partial charge in [-0.1, -0.05) is 45.0 Å². The number of amides is 1. The second kappa shape index (κ2) is 7.96. The Morgan fingerprint density at radius 3 is 2.28 bits per heavy atom. The van der Waals surface area contributed by atoms with Crippen LogP contribution in [0.3, 0.4) is 0 Å². The second-order valence-electron chi connectivity index (χ2n) is 6.25. The minimum atomic E-state index is -1.16. The van der Waals surface area contributed by atoms with Crippen molar-refractivity contribution in [3.05, 3.63) is 52.8 Å². The van der Waals surface area contributed by atoms with E-state index in [4.69, 9.17) is 0 Å². The third-order valence-corrected chi connectivity index (χ3v) is 4.62. The number of nitrogens with one attached hydrogen (secondary N) is 1. The molecule has 134 valence electrons. The van der Waals surface area contributed by atoms with Gasteiger partial charge in [0.25, 0.3) is 5.91 Å². The highest BCUT2D eigenvalue weighted by molar-refractivity contribution is 6.03. The molecule has 0 bridgehead atoms. The van der Waals surface area contributed by atoms with Gasteiger partial charge in [0.2, 0.25) is 0 Å². The van der Waals surface area contributed by atoms with E-state index in [0.717, 1.165) is 12.0 Å². The summed E-state index contributed by atoms with van der Waals surface area (Å²) in [5.41, 5.74) is 2.23. The van der Waals surface area contributed by atoms with Crippen molar-refractivity contribution in [2.45, 2.75) is 45.6 Å². The number of hydrogen-bond donors (Lipinski definition) is 2. The first kappa shape index (κ1) is 18.7. The lowest BCUT2D eigenvalue weighted by molar-refractivity contribution is 0.0690. The highest BCUT2D eigenvalue weighted by Gasteiger charge is 2.23. The Morgan fingerprint density at radius 2 is 1.76 bits per heavy atom. The summed E-state index contributed by atoms with van der Waals surface area (Å²) in [4.78, 5) is 23.8. The molecule has 0 saturated carbocycles. The van der Waals surface area contributed by atoms with Crippen molar-refractivity contribution < 1.29 is 14.7 Å². The maximum absolute atomic E-state index is 12.6. The van der Waals surface area contributed by atoms with Gasteiger partial charge in [-0.2, -0.15) is 5.10 Å². The number of carboxylic acids is 1. The Hall–Kier alpha value is -2.63. The highest BCUT2D eigenvalue weighted by Crippen LogP contribution is 2.23. The average Bonchev–Trinajstić information content (AvgIpc) is 3.01. The molecule has 6 heteroatoms. The third-order valence-electron chi connectivity index (χ3n) is 4.62. The van der Waals surface area contributed by atoms with Crippen molar-refractivity contribution in [1.82, 2.24) is 15.1 Å². The van der Waals surface area contributed by atoms with Gasteiger partial charge in [-0.05, 0) is 29.9 Å². The van der Waals surface area contributed by atoms with E-state index in [0.29, 0.717) is 12.3 Å². The predicted molar refractivity (Wildman–Crippen MR) is 95.8 cm³/mol. The number of carbonyl (C=O) groups is 2. The molecule has 25 heavy (non-hydrogen) atoms. The second-order valence-corrected chi connectivity index (χ2v) is 6.25. The molecular formula is C19H25N3O3. The summed E-state index contributed by atoms with van der Waals surface area (Å²) in [6, 6.07) is 8.04. The number of carboxylic acid groups (broad SMARTS) is 1.